The summed E-state index contributed by atoms with van der Waals surface area (Å²) in [6.07, 6.45) is 2.36. The van der Waals surface area contributed by atoms with Gasteiger partial charge in [0.2, 0.25) is 11.8 Å². The largest absolute Gasteiger partial charge is 0.424 e. The highest BCUT2D eigenvalue weighted by Crippen LogP contribution is 2.36. The van der Waals surface area contributed by atoms with Gasteiger partial charge in [-0.05, 0) is 33.2 Å². The minimum Gasteiger partial charge on any atom is -0.424 e. The average Bonchev–Trinajstić information content (AvgIpc) is 3.14. The predicted molar refractivity (Wildman–Crippen MR) is 83.5 cm³/mol. The molecule has 3 rings (SSSR count). The van der Waals surface area contributed by atoms with Crippen LogP contribution in [0.15, 0.2) is 4.42 Å². The first-order chi connectivity index (χ1) is 10.5. The zero-order valence-corrected chi connectivity index (χ0v) is 14.1. The Bertz CT molecular complexity index is 658. The molecule has 0 unspecified atom stereocenters. The van der Waals surface area contributed by atoms with Crippen molar-refractivity contribution in [2.45, 2.75) is 59.0 Å². The fourth-order valence-electron chi connectivity index (χ4n) is 3.35. The van der Waals surface area contributed by atoms with E-state index in [1.54, 1.807) is 0 Å². The third-order valence-electron chi connectivity index (χ3n) is 4.58. The molecule has 0 radical (unpaired) electrons. The monoisotopic (exact) mass is 303 g/mol. The van der Waals surface area contributed by atoms with Crippen molar-refractivity contribution in [2.24, 2.45) is 7.05 Å². The standard InChI is InChI=1S/C16H25N5O/c1-10(2)16-18-17-14(22-16)9-21-8-6-7-13(21)15-11(3)19-20(5)12(15)4/h10,13H,6-9H2,1-5H3/t13-/m0/s1. The zero-order valence-electron chi connectivity index (χ0n) is 14.1. The number of aromatic nitrogens is 4. The van der Waals surface area contributed by atoms with Crippen LogP contribution in [0.3, 0.4) is 0 Å². The summed E-state index contributed by atoms with van der Waals surface area (Å²) < 4.78 is 7.75. The first-order valence-electron chi connectivity index (χ1n) is 8.03. The van der Waals surface area contributed by atoms with Crippen LogP contribution < -0.4 is 0 Å². The second-order valence-corrected chi connectivity index (χ2v) is 6.53. The normalized spacial score (nSPS) is 19.5. The van der Waals surface area contributed by atoms with Crippen LogP contribution in [0, 0.1) is 13.8 Å². The third kappa shape index (κ3) is 2.67. The summed E-state index contributed by atoms with van der Waals surface area (Å²) in [5.41, 5.74) is 3.75. The molecular weight excluding hydrogens is 278 g/mol. The predicted octanol–water partition coefficient (Wildman–Crippen LogP) is 2.88. The van der Waals surface area contributed by atoms with Crippen molar-refractivity contribution in [3.63, 3.8) is 0 Å². The SMILES string of the molecule is Cc1nn(C)c(C)c1[C@@H]1CCCN1Cc1nnc(C(C)C)o1. The van der Waals surface area contributed by atoms with Crippen molar-refractivity contribution in [1.29, 1.82) is 0 Å². The van der Waals surface area contributed by atoms with E-state index in [2.05, 4.69) is 47.9 Å². The topological polar surface area (TPSA) is 60.0 Å². The summed E-state index contributed by atoms with van der Waals surface area (Å²) in [4.78, 5) is 2.44. The maximum Gasteiger partial charge on any atom is 0.230 e. The van der Waals surface area contributed by atoms with Gasteiger partial charge in [0.05, 0.1) is 12.2 Å². The van der Waals surface area contributed by atoms with E-state index in [1.807, 2.05) is 11.7 Å². The summed E-state index contributed by atoms with van der Waals surface area (Å²) in [6.45, 7) is 10.2. The molecule has 1 aliphatic heterocycles. The molecular formula is C16H25N5O. The molecule has 1 atom stereocenters. The molecule has 0 bridgehead atoms. The van der Waals surface area contributed by atoms with Gasteiger partial charge in [-0.15, -0.1) is 10.2 Å². The maximum absolute atomic E-state index is 5.77. The second kappa shape index (κ2) is 5.83. The molecule has 2 aromatic rings. The lowest BCUT2D eigenvalue weighted by molar-refractivity contribution is 0.219. The van der Waals surface area contributed by atoms with Crippen molar-refractivity contribution in [2.75, 3.05) is 6.54 Å². The van der Waals surface area contributed by atoms with Gasteiger partial charge in [-0.25, -0.2) is 0 Å². The average molecular weight is 303 g/mol. The van der Waals surface area contributed by atoms with Crippen LogP contribution in [-0.4, -0.2) is 31.4 Å². The molecule has 0 saturated carbocycles. The first kappa shape index (κ1) is 15.2. The summed E-state index contributed by atoms with van der Waals surface area (Å²) >= 11 is 0. The van der Waals surface area contributed by atoms with Gasteiger partial charge in [-0.1, -0.05) is 13.8 Å². The number of likely N-dealkylation sites (tertiary alicyclic amines) is 1. The third-order valence-corrected chi connectivity index (χ3v) is 4.58. The molecule has 0 aliphatic carbocycles. The Kier molecular flexibility index (Phi) is 4.04. The maximum atomic E-state index is 5.77. The van der Waals surface area contributed by atoms with E-state index in [4.69, 9.17) is 4.42 Å². The van der Waals surface area contributed by atoms with Crippen molar-refractivity contribution in [1.82, 2.24) is 24.9 Å². The van der Waals surface area contributed by atoms with Gasteiger partial charge in [0.1, 0.15) is 0 Å². The van der Waals surface area contributed by atoms with Gasteiger partial charge in [0, 0.05) is 30.3 Å². The molecule has 6 nitrogen and oxygen atoms in total. The number of aryl methyl sites for hydroxylation is 2. The molecule has 120 valence electrons. The smallest absolute Gasteiger partial charge is 0.230 e. The summed E-state index contributed by atoms with van der Waals surface area (Å²) in [7, 11) is 2.01. The summed E-state index contributed by atoms with van der Waals surface area (Å²) in [6, 6.07) is 0.406. The highest BCUT2D eigenvalue weighted by Gasteiger charge is 2.31. The highest BCUT2D eigenvalue weighted by atomic mass is 16.4. The van der Waals surface area contributed by atoms with Crippen LogP contribution in [0.2, 0.25) is 0 Å². The van der Waals surface area contributed by atoms with E-state index in [1.165, 1.54) is 24.1 Å². The molecule has 3 heterocycles. The van der Waals surface area contributed by atoms with E-state index in [9.17, 15) is 0 Å². The van der Waals surface area contributed by atoms with Crippen molar-refractivity contribution in [3.05, 3.63) is 28.7 Å². The Balaban J connectivity index is 1.81. The van der Waals surface area contributed by atoms with Crippen molar-refractivity contribution >= 4 is 0 Å². The first-order valence-corrected chi connectivity index (χ1v) is 8.03. The number of rotatable bonds is 4. The minimum atomic E-state index is 0.276. The number of hydrogen-bond acceptors (Lipinski definition) is 5. The molecule has 1 aliphatic rings. The molecule has 0 aromatic carbocycles. The Hall–Kier alpha value is -1.69. The van der Waals surface area contributed by atoms with Crippen molar-refractivity contribution in [3.8, 4) is 0 Å². The highest BCUT2D eigenvalue weighted by molar-refractivity contribution is 5.29. The minimum absolute atomic E-state index is 0.276. The van der Waals surface area contributed by atoms with Gasteiger partial charge in [-0.2, -0.15) is 5.10 Å². The number of nitrogens with zero attached hydrogens (tertiary/aromatic N) is 5. The van der Waals surface area contributed by atoms with Crippen LogP contribution in [0.5, 0.6) is 0 Å². The Morgan fingerprint density at radius 2 is 2.05 bits per heavy atom. The fraction of sp³-hybridized carbons (Fsp3) is 0.688. The molecule has 2 aromatic heterocycles. The molecule has 0 N–H and O–H groups in total. The quantitative estimate of drug-likeness (QED) is 0.869. The van der Waals surface area contributed by atoms with Crippen molar-refractivity contribution < 1.29 is 4.42 Å². The second-order valence-electron chi connectivity index (χ2n) is 6.53. The van der Waals surface area contributed by atoms with Crippen LogP contribution in [0.25, 0.3) is 0 Å². The lowest BCUT2D eigenvalue weighted by Gasteiger charge is -2.23. The van der Waals surface area contributed by atoms with Crippen LogP contribution in [0.1, 0.15) is 67.4 Å². The van der Waals surface area contributed by atoms with Crippen LogP contribution in [-0.2, 0) is 13.6 Å². The lowest BCUT2D eigenvalue weighted by atomic mass is 10.0. The Labute approximate surface area is 131 Å². The van der Waals surface area contributed by atoms with E-state index in [-0.39, 0.29) is 5.92 Å². The van der Waals surface area contributed by atoms with Crippen LogP contribution in [0.4, 0.5) is 0 Å². The fourth-order valence-corrected chi connectivity index (χ4v) is 3.35. The molecule has 22 heavy (non-hydrogen) atoms. The molecule has 1 fully saturated rings. The summed E-state index contributed by atoms with van der Waals surface area (Å²) in [5.74, 6) is 1.72. The van der Waals surface area contributed by atoms with Gasteiger partial charge >= 0.3 is 0 Å². The van der Waals surface area contributed by atoms with Crippen LogP contribution >= 0.6 is 0 Å². The Morgan fingerprint density at radius 1 is 1.27 bits per heavy atom. The van der Waals surface area contributed by atoms with Gasteiger partial charge in [0.15, 0.2) is 0 Å². The summed E-state index contributed by atoms with van der Waals surface area (Å²) in [5, 5.41) is 12.9. The molecule has 6 heteroatoms. The van der Waals surface area contributed by atoms with E-state index < -0.39 is 0 Å². The molecule has 1 saturated heterocycles. The van der Waals surface area contributed by atoms with E-state index >= 15 is 0 Å². The molecule has 0 spiro atoms. The van der Waals surface area contributed by atoms with Gasteiger partial charge in [-0.3, -0.25) is 9.58 Å². The Morgan fingerprint density at radius 3 is 2.64 bits per heavy atom. The van der Waals surface area contributed by atoms with Gasteiger partial charge < -0.3 is 4.42 Å². The lowest BCUT2D eigenvalue weighted by Crippen LogP contribution is -2.23. The van der Waals surface area contributed by atoms with E-state index in [0.29, 0.717) is 6.04 Å². The number of hydrogen-bond donors (Lipinski definition) is 0. The molecule has 0 amide bonds. The zero-order chi connectivity index (χ0) is 15.9. The van der Waals surface area contributed by atoms with Gasteiger partial charge in [0.25, 0.3) is 0 Å². The van der Waals surface area contributed by atoms with E-state index in [0.717, 1.165) is 30.6 Å².